The SMILES string of the molecule is CNC(=O)c1ccoc1Cc1ccc(F)cc1. The predicted octanol–water partition coefficient (Wildman–Crippen LogP) is 2.37. The van der Waals surface area contributed by atoms with Crippen LogP contribution in [0.4, 0.5) is 4.39 Å². The number of furan rings is 1. The van der Waals surface area contributed by atoms with Gasteiger partial charge in [0, 0.05) is 13.5 Å². The number of halogens is 1. The Morgan fingerprint density at radius 3 is 2.65 bits per heavy atom. The molecule has 0 spiro atoms. The van der Waals surface area contributed by atoms with E-state index >= 15 is 0 Å². The zero-order valence-electron chi connectivity index (χ0n) is 9.37. The predicted molar refractivity (Wildman–Crippen MR) is 61.3 cm³/mol. The molecule has 1 amide bonds. The Morgan fingerprint density at radius 2 is 2.00 bits per heavy atom. The number of nitrogens with one attached hydrogen (secondary N) is 1. The number of carbonyl (C=O) groups is 1. The van der Waals surface area contributed by atoms with Crippen molar-refractivity contribution in [2.45, 2.75) is 6.42 Å². The van der Waals surface area contributed by atoms with Crippen LogP contribution in [0.25, 0.3) is 0 Å². The molecule has 0 radical (unpaired) electrons. The van der Waals surface area contributed by atoms with Gasteiger partial charge in [0.05, 0.1) is 11.8 Å². The fourth-order valence-electron chi connectivity index (χ4n) is 1.60. The van der Waals surface area contributed by atoms with Crippen molar-refractivity contribution in [1.82, 2.24) is 5.32 Å². The van der Waals surface area contributed by atoms with Crippen molar-refractivity contribution in [3.8, 4) is 0 Å². The summed E-state index contributed by atoms with van der Waals surface area (Å²) >= 11 is 0. The monoisotopic (exact) mass is 233 g/mol. The van der Waals surface area contributed by atoms with E-state index in [2.05, 4.69) is 5.32 Å². The molecule has 1 N–H and O–H groups in total. The zero-order valence-corrected chi connectivity index (χ0v) is 9.37. The van der Waals surface area contributed by atoms with Crippen molar-refractivity contribution in [3.63, 3.8) is 0 Å². The highest BCUT2D eigenvalue weighted by molar-refractivity contribution is 5.94. The summed E-state index contributed by atoms with van der Waals surface area (Å²) in [4.78, 5) is 11.5. The van der Waals surface area contributed by atoms with Crippen LogP contribution in [0.1, 0.15) is 21.7 Å². The molecule has 0 aliphatic heterocycles. The van der Waals surface area contributed by atoms with Gasteiger partial charge >= 0.3 is 0 Å². The van der Waals surface area contributed by atoms with Crippen LogP contribution in [0, 0.1) is 5.82 Å². The van der Waals surface area contributed by atoms with Gasteiger partial charge in [-0.25, -0.2) is 4.39 Å². The van der Waals surface area contributed by atoms with E-state index in [1.54, 1.807) is 25.2 Å². The molecule has 0 unspecified atom stereocenters. The van der Waals surface area contributed by atoms with E-state index in [1.807, 2.05) is 0 Å². The third-order valence-electron chi connectivity index (χ3n) is 2.50. The fraction of sp³-hybridized carbons (Fsp3) is 0.154. The third kappa shape index (κ3) is 2.53. The number of hydrogen-bond donors (Lipinski definition) is 1. The molecule has 17 heavy (non-hydrogen) atoms. The first-order valence-electron chi connectivity index (χ1n) is 5.23. The number of rotatable bonds is 3. The van der Waals surface area contributed by atoms with Gasteiger partial charge in [0.2, 0.25) is 0 Å². The fourth-order valence-corrected chi connectivity index (χ4v) is 1.60. The van der Waals surface area contributed by atoms with Crippen molar-refractivity contribution in [2.75, 3.05) is 7.05 Å². The van der Waals surface area contributed by atoms with E-state index in [9.17, 15) is 9.18 Å². The molecule has 0 atom stereocenters. The van der Waals surface area contributed by atoms with Crippen LogP contribution in [-0.4, -0.2) is 13.0 Å². The zero-order chi connectivity index (χ0) is 12.3. The van der Waals surface area contributed by atoms with E-state index in [0.717, 1.165) is 5.56 Å². The lowest BCUT2D eigenvalue weighted by atomic mass is 10.1. The first-order chi connectivity index (χ1) is 8.20. The minimum atomic E-state index is -0.278. The van der Waals surface area contributed by atoms with Gasteiger partial charge in [0.1, 0.15) is 11.6 Å². The van der Waals surface area contributed by atoms with Gasteiger partial charge in [-0.3, -0.25) is 4.79 Å². The van der Waals surface area contributed by atoms with Crippen LogP contribution in [0.5, 0.6) is 0 Å². The Balaban J connectivity index is 2.21. The Morgan fingerprint density at radius 1 is 1.29 bits per heavy atom. The summed E-state index contributed by atoms with van der Waals surface area (Å²) in [6.07, 6.45) is 1.94. The van der Waals surface area contributed by atoms with Gasteiger partial charge < -0.3 is 9.73 Å². The van der Waals surface area contributed by atoms with E-state index in [-0.39, 0.29) is 11.7 Å². The van der Waals surface area contributed by atoms with E-state index in [0.29, 0.717) is 17.7 Å². The molecule has 0 fully saturated rings. The Kier molecular flexibility index (Phi) is 3.23. The van der Waals surface area contributed by atoms with Crippen molar-refractivity contribution in [2.24, 2.45) is 0 Å². The molecule has 0 aliphatic rings. The molecule has 1 aromatic carbocycles. The molecule has 0 saturated carbocycles. The van der Waals surface area contributed by atoms with Crippen LogP contribution >= 0.6 is 0 Å². The summed E-state index contributed by atoms with van der Waals surface area (Å²) in [7, 11) is 1.57. The number of carbonyl (C=O) groups excluding carboxylic acids is 1. The average molecular weight is 233 g/mol. The van der Waals surface area contributed by atoms with Gasteiger partial charge in [-0.15, -0.1) is 0 Å². The Hall–Kier alpha value is -2.10. The molecular weight excluding hydrogens is 221 g/mol. The number of benzene rings is 1. The van der Waals surface area contributed by atoms with E-state index in [4.69, 9.17) is 4.42 Å². The molecule has 1 aromatic heterocycles. The molecule has 0 saturated heterocycles. The molecule has 2 aromatic rings. The second kappa shape index (κ2) is 4.82. The van der Waals surface area contributed by atoms with Crippen LogP contribution in [0.2, 0.25) is 0 Å². The molecule has 0 bridgehead atoms. The summed E-state index contributed by atoms with van der Waals surface area (Å²) in [5, 5.41) is 2.54. The summed E-state index contributed by atoms with van der Waals surface area (Å²) < 4.78 is 18.0. The van der Waals surface area contributed by atoms with Gasteiger partial charge in [-0.05, 0) is 23.8 Å². The molecule has 2 rings (SSSR count). The van der Waals surface area contributed by atoms with Crippen LogP contribution in [-0.2, 0) is 6.42 Å². The maximum absolute atomic E-state index is 12.7. The van der Waals surface area contributed by atoms with Gasteiger partial charge in [0.25, 0.3) is 5.91 Å². The lowest BCUT2D eigenvalue weighted by molar-refractivity contribution is 0.0961. The minimum Gasteiger partial charge on any atom is -0.468 e. The second-order valence-corrected chi connectivity index (χ2v) is 3.64. The molecule has 88 valence electrons. The highest BCUT2D eigenvalue weighted by Gasteiger charge is 2.13. The van der Waals surface area contributed by atoms with Crippen LogP contribution in [0.3, 0.4) is 0 Å². The van der Waals surface area contributed by atoms with Crippen molar-refractivity contribution in [1.29, 1.82) is 0 Å². The van der Waals surface area contributed by atoms with E-state index in [1.165, 1.54) is 18.4 Å². The van der Waals surface area contributed by atoms with Crippen molar-refractivity contribution < 1.29 is 13.6 Å². The van der Waals surface area contributed by atoms with Crippen molar-refractivity contribution >= 4 is 5.91 Å². The van der Waals surface area contributed by atoms with Crippen molar-refractivity contribution in [3.05, 3.63) is 59.3 Å². The summed E-state index contributed by atoms with van der Waals surface area (Å²) in [5.74, 6) is 0.117. The first-order valence-corrected chi connectivity index (χ1v) is 5.23. The molecule has 3 nitrogen and oxygen atoms in total. The molecular formula is C13H12FNO2. The Bertz CT molecular complexity index is 516. The summed E-state index contributed by atoms with van der Waals surface area (Å²) in [5.41, 5.74) is 1.41. The third-order valence-corrected chi connectivity index (χ3v) is 2.50. The normalized spacial score (nSPS) is 10.2. The molecule has 0 aliphatic carbocycles. The standard InChI is InChI=1S/C13H12FNO2/c1-15-13(16)11-6-7-17-12(11)8-9-2-4-10(14)5-3-9/h2-7H,8H2,1H3,(H,15,16). The first kappa shape index (κ1) is 11.4. The smallest absolute Gasteiger partial charge is 0.254 e. The summed E-state index contributed by atoms with van der Waals surface area (Å²) in [6, 6.07) is 7.74. The lowest BCUT2D eigenvalue weighted by Gasteiger charge is -2.02. The minimum absolute atomic E-state index is 0.184. The lowest BCUT2D eigenvalue weighted by Crippen LogP contribution is -2.18. The number of amides is 1. The van der Waals surface area contributed by atoms with Gasteiger partial charge in [-0.2, -0.15) is 0 Å². The molecule has 1 heterocycles. The highest BCUT2D eigenvalue weighted by atomic mass is 19.1. The summed E-state index contributed by atoms with van der Waals surface area (Å²) in [6.45, 7) is 0. The van der Waals surface area contributed by atoms with E-state index < -0.39 is 0 Å². The van der Waals surface area contributed by atoms with Gasteiger partial charge in [-0.1, -0.05) is 12.1 Å². The quantitative estimate of drug-likeness (QED) is 0.884. The van der Waals surface area contributed by atoms with Crippen LogP contribution in [0.15, 0.2) is 41.0 Å². The highest BCUT2D eigenvalue weighted by Crippen LogP contribution is 2.16. The van der Waals surface area contributed by atoms with Crippen LogP contribution < -0.4 is 5.32 Å². The Labute approximate surface area is 98.3 Å². The largest absolute Gasteiger partial charge is 0.468 e. The molecule has 4 heteroatoms. The number of hydrogen-bond acceptors (Lipinski definition) is 2. The maximum Gasteiger partial charge on any atom is 0.254 e. The van der Waals surface area contributed by atoms with Gasteiger partial charge in [0.15, 0.2) is 0 Å². The maximum atomic E-state index is 12.7. The topological polar surface area (TPSA) is 42.2 Å². The second-order valence-electron chi connectivity index (χ2n) is 3.64. The average Bonchev–Trinajstić information content (AvgIpc) is 2.79.